The maximum absolute atomic E-state index is 12.2. The van der Waals surface area contributed by atoms with Gasteiger partial charge in [0.2, 0.25) is 0 Å². The molecule has 0 fully saturated rings. The molecule has 2 aromatic rings. The van der Waals surface area contributed by atoms with Gasteiger partial charge in [0.05, 0.1) is 12.2 Å². The zero-order chi connectivity index (χ0) is 18.2. The Morgan fingerprint density at radius 1 is 1.12 bits per heavy atom. The highest BCUT2D eigenvalue weighted by atomic mass is 79.9. The van der Waals surface area contributed by atoms with Gasteiger partial charge >= 0.3 is 6.03 Å². The van der Waals surface area contributed by atoms with Crippen LogP contribution >= 0.6 is 15.9 Å². The number of hydrogen-bond acceptors (Lipinski definition) is 3. The van der Waals surface area contributed by atoms with Crippen molar-refractivity contribution in [3.05, 3.63) is 63.9 Å². The summed E-state index contributed by atoms with van der Waals surface area (Å²) in [6, 6.07) is 11.1. The number of benzene rings is 1. The van der Waals surface area contributed by atoms with E-state index in [-0.39, 0.29) is 18.5 Å². The van der Waals surface area contributed by atoms with Crippen LogP contribution in [0.1, 0.15) is 21.6 Å². The Morgan fingerprint density at radius 3 is 2.52 bits per heavy atom. The molecule has 25 heavy (non-hydrogen) atoms. The molecule has 1 aromatic heterocycles. The van der Waals surface area contributed by atoms with Gasteiger partial charge in [0.15, 0.2) is 0 Å². The normalized spacial score (nSPS) is 10.2. The first-order chi connectivity index (χ1) is 12.0. The zero-order valence-electron chi connectivity index (χ0n) is 14.3. The number of carbonyl (C=O) groups is 2. The highest BCUT2D eigenvalue weighted by Gasteiger charge is 2.08. The molecule has 3 amide bonds. The molecule has 0 unspecified atom stereocenters. The number of pyridine rings is 1. The van der Waals surface area contributed by atoms with E-state index in [1.165, 1.54) is 4.90 Å². The lowest BCUT2D eigenvalue weighted by molar-refractivity contribution is 0.0954. The van der Waals surface area contributed by atoms with Crippen molar-refractivity contribution in [2.75, 3.05) is 20.6 Å². The molecule has 0 radical (unpaired) electrons. The number of aromatic nitrogens is 1. The van der Waals surface area contributed by atoms with Gasteiger partial charge in [-0.25, -0.2) is 4.79 Å². The molecule has 1 heterocycles. The molecule has 0 saturated carbocycles. The second-order valence-electron chi connectivity index (χ2n) is 5.72. The van der Waals surface area contributed by atoms with E-state index in [0.717, 1.165) is 16.5 Å². The maximum Gasteiger partial charge on any atom is 0.317 e. The third kappa shape index (κ3) is 6.19. The van der Waals surface area contributed by atoms with E-state index in [9.17, 15) is 9.59 Å². The summed E-state index contributed by atoms with van der Waals surface area (Å²) in [7, 11) is 3.33. The monoisotopic (exact) mass is 404 g/mol. The fourth-order valence-corrected chi connectivity index (χ4v) is 2.38. The lowest BCUT2D eigenvalue weighted by Crippen LogP contribution is -2.34. The van der Waals surface area contributed by atoms with E-state index in [1.807, 2.05) is 24.3 Å². The van der Waals surface area contributed by atoms with Gasteiger partial charge in [0.25, 0.3) is 5.91 Å². The fourth-order valence-electron chi connectivity index (χ4n) is 2.11. The average molecular weight is 405 g/mol. The number of urea groups is 1. The van der Waals surface area contributed by atoms with Crippen LogP contribution in [0.15, 0.2) is 47.1 Å². The fraction of sp³-hybridized carbons (Fsp3) is 0.278. The molecule has 0 saturated heterocycles. The van der Waals surface area contributed by atoms with E-state index in [2.05, 4.69) is 31.5 Å². The number of hydrogen-bond donors (Lipinski definition) is 2. The Balaban J connectivity index is 1.85. The van der Waals surface area contributed by atoms with Gasteiger partial charge in [-0.2, -0.15) is 0 Å². The van der Waals surface area contributed by atoms with Crippen molar-refractivity contribution in [3.63, 3.8) is 0 Å². The van der Waals surface area contributed by atoms with E-state index in [0.29, 0.717) is 17.8 Å². The van der Waals surface area contributed by atoms with Crippen molar-refractivity contribution < 1.29 is 9.59 Å². The highest BCUT2D eigenvalue weighted by molar-refractivity contribution is 9.10. The molecular weight excluding hydrogens is 384 g/mol. The SMILES string of the molecule is CN(C)C(=O)NCc1cc(C(=O)NCCc2ccc(Br)cc2)ccn1. The molecule has 0 aliphatic heterocycles. The first-order valence-electron chi connectivity index (χ1n) is 7.88. The van der Waals surface area contributed by atoms with E-state index < -0.39 is 0 Å². The summed E-state index contributed by atoms with van der Waals surface area (Å²) in [4.78, 5) is 29.4. The second kappa shape index (κ2) is 9.17. The minimum Gasteiger partial charge on any atom is -0.352 e. The summed E-state index contributed by atoms with van der Waals surface area (Å²) < 4.78 is 1.03. The molecule has 0 aliphatic rings. The van der Waals surface area contributed by atoms with Crippen LogP contribution in [0, 0.1) is 0 Å². The van der Waals surface area contributed by atoms with Gasteiger partial charge in [-0.05, 0) is 36.2 Å². The smallest absolute Gasteiger partial charge is 0.317 e. The standard InChI is InChI=1S/C18H21BrN4O2/c1-23(2)18(25)22-12-16-11-14(8-10-20-16)17(24)21-9-7-13-3-5-15(19)6-4-13/h3-6,8,10-11H,7,9,12H2,1-2H3,(H,21,24)(H,22,25). The molecule has 132 valence electrons. The summed E-state index contributed by atoms with van der Waals surface area (Å²) in [6.07, 6.45) is 2.33. The zero-order valence-corrected chi connectivity index (χ0v) is 15.8. The summed E-state index contributed by atoms with van der Waals surface area (Å²) >= 11 is 3.40. The predicted octanol–water partition coefficient (Wildman–Crippen LogP) is 2.59. The largest absolute Gasteiger partial charge is 0.352 e. The van der Waals surface area contributed by atoms with Gasteiger partial charge < -0.3 is 15.5 Å². The van der Waals surface area contributed by atoms with Crippen LogP contribution in [-0.2, 0) is 13.0 Å². The van der Waals surface area contributed by atoms with Crippen LogP contribution in [0.5, 0.6) is 0 Å². The Labute approximate surface area is 155 Å². The van der Waals surface area contributed by atoms with Crippen molar-refractivity contribution >= 4 is 27.9 Å². The predicted molar refractivity (Wildman–Crippen MR) is 100 cm³/mol. The topological polar surface area (TPSA) is 74.3 Å². The molecule has 0 aliphatic carbocycles. The summed E-state index contributed by atoms with van der Waals surface area (Å²) in [5, 5.41) is 5.62. The second-order valence-corrected chi connectivity index (χ2v) is 6.64. The molecular formula is C18H21BrN4O2. The summed E-state index contributed by atoms with van der Waals surface area (Å²) in [5.41, 5.74) is 2.32. The molecule has 1 aromatic carbocycles. The van der Waals surface area contributed by atoms with Crippen molar-refractivity contribution in [2.24, 2.45) is 0 Å². The number of nitrogens with zero attached hydrogens (tertiary/aromatic N) is 2. The first-order valence-corrected chi connectivity index (χ1v) is 8.68. The van der Waals surface area contributed by atoms with Crippen LogP contribution in [0.3, 0.4) is 0 Å². The molecule has 2 N–H and O–H groups in total. The Kier molecular flexibility index (Phi) is 6.94. The van der Waals surface area contributed by atoms with Gasteiger partial charge in [0.1, 0.15) is 0 Å². The van der Waals surface area contributed by atoms with Gasteiger partial charge in [0, 0.05) is 36.9 Å². The van der Waals surface area contributed by atoms with Gasteiger partial charge in [-0.15, -0.1) is 0 Å². The molecule has 7 heteroatoms. The molecule has 0 spiro atoms. The van der Waals surface area contributed by atoms with Gasteiger partial charge in [-0.3, -0.25) is 9.78 Å². The molecule has 6 nitrogen and oxygen atoms in total. The van der Waals surface area contributed by atoms with Crippen LogP contribution in [0.25, 0.3) is 0 Å². The minimum atomic E-state index is -0.203. The Hall–Kier alpha value is -2.41. The number of halogens is 1. The third-order valence-electron chi connectivity index (χ3n) is 3.52. The third-order valence-corrected chi connectivity index (χ3v) is 4.05. The van der Waals surface area contributed by atoms with E-state index in [1.54, 1.807) is 32.4 Å². The molecule has 2 rings (SSSR count). The van der Waals surface area contributed by atoms with Gasteiger partial charge in [-0.1, -0.05) is 28.1 Å². The van der Waals surface area contributed by atoms with E-state index >= 15 is 0 Å². The summed E-state index contributed by atoms with van der Waals surface area (Å²) in [5.74, 6) is -0.153. The summed E-state index contributed by atoms with van der Waals surface area (Å²) in [6.45, 7) is 0.826. The van der Waals surface area contributed by atoms with Crippen molar-refractivity contribution in [3.8, 4) is 0 Å². The lowest BCUT2D eigenvalue weighted by atomic mass is 10.1. The molecule has 0 atom stereocenters. The average Bonchev–Trinajstić information content (AvgIpc) is 2.61. The van der Waals surface area contributed by atoms with Crippen LogP contribution in [0.4, 0.5) is 4.79 Å². The highest BCUT2D eigenvalue weighted by Crippen LogP contribution is 2.10. The first kappa shape index (κ1) is 18.9. The van der Waals surface area contributed by atoms with E-state index in [4.69, 9.17) is 0 Å². The van der Waals surface area contributed by atoms with Crippen molar-refractivity contribution in [2.45, 2.75) is 13.0 Å². The molecule has 0 bridgehead atoms. The number of amides is 3. The van der Waals surface area contributed by atoms with Crippen LogP contribution < -0.4 is 10.6 Å². The number of rotatable bonds is 6. The van der Waals surface area contributed by atoms with Crippen molar-refractivity contribution in [1.82, 2.24) is 20.5 Å². The number of nitrogens with one attached hydrogen (secondary N) is 2. The van der Waals surface area contributed by atoms with Crippen LogP contribution in [-0.4, -0.2) is 42.5 Å². The van der Waals surface area contributed by atoms with Crippen LogP contribution in [0.2, 0.25) is 0 Å². The van der Waals surface area contributed by atoms with Crippen molar-refractivity contribution in [1.29, 1.82) is 0 Å². The Morgan fingerprint density at radius 2 is 1.84 bits per heavy atom. The maximum atomic E-state index is 12.2. The Bertz CT molecular complexity index is 732. The lowest BCUT2D eigenvalue weighted by Gasteiger charge is -2.12. The number of carbonyl (C=O) groups excluding carboxylic acids is 2. The minimum absolute atomic E-state index is 0.153. The quantitative estimate of drug-likeness (QED) is 0.776.